The van der Waals surface area contributed by atoms with E-state index in [-0.39, 0.29) is 23.1 Å². The molecule has 1 amide bonds. The number of para-hydroxylation sites is 1. The minimum atomic E-state index is -3.74. The van der Waals surface area contributed by atoms with Crippen molar-refractivity contribution in [1.29, 1.82) is 0 Å². The van der Waals surface area contributed by atoms with Gasteiger partial charge in [-0.05, 0) is 19.1 Å². The largest absolute Gasteiger partial charge is 0.495 e. The fraction of sp³-hybridized carbons (Fsp3) is 0.417. The van der Waals surface area contributed by atoms with Crippen LogP contribution in [0.2, 0.25) is 0 Å². The first-order chi connectivity index (χ1) is 8.98. The summed E-state index contributed by atoms with van der Waals surface area (Å²) in [6.07, 6.45) is 0. The van der Waals surface area contributed by atoms with E-state index in [0.717, 1.165) is 0 Å². The van der Waals surface area contributed by atoms with Gasteiger partial charge in [-0.15, -0.1) is 0 Å². The molecule has 0 spiro atoms. The lowest BCUT2D eigenvalue weighted by atomic mass is 10.2. The maximum Gasteiger partial charge on any atom is 0.247 e. The highest BCUT2D eigenvalue weighted by atomic mass is 32.2. The molecule has 19 heavy (non-hydrogen) atoms. The number of sulfonamides is 1. The second kappa shape index (κ2) is 5.18. The summed E-state index contributed by atoms with van der Waals surface area (Å²) < 4.78 is 31.5. The lowest BCUT2D eigenvalue weighted by Gasteiger charge is -2.32. The first-order valence-corrected chi connectivity index (χ1v) is 7.35. The van der Waals surface area contributed by atoms with Crippen LogP contribution in [0.5, 0.6) is 5.75 Å². The van der Waals surface area contributed by atoms with Gasteiger partial charge in [0.05, 0.1) is 7.11 Å². The zero-order valence-electron chi connectivity index (χ0n) is 10.8. The molecular weight excluding hydrogens is 268 g/mol. The van der Waals surface area contributed by atoms with Gasteiger partial charge in [-0.25, -0.2) is 8.42 Å². The molecule has 2 rings (SSSR count). The molecule has 6 nitrogen and oxygen atoms in total. The van der Waals surface area contributed by atoms with Crippen molar-refractivity contribution in [2.75, 3.05) is 20.2 Å². The third-order valence-corrected chi connectivity index (χ3v) is 5.11. The van der Waals surface area contributed by atoms with E-state index in [9.17, 15) is 13.2 Å². The van der Waals surface area contributed by atoms with Crippen LogP contribution in [0, 0.1) is 0 Å². The second-order valence-electron chi connectivity index (χ2n) is 4.23. The molecule has 0 saturated carbocycles. The SMILES string of the molecule is COc1ccccc1S(=O)(=O)N1CCNC(=O)C1C. The average Bonchev–Trinajstić information content (AvgIpc) is 2.41. The predicted octanol–water partition coefficient (Wildman–Crippen LogP) is 0.204. The molecule has 1 aliphatic rings. The summed E-state index contributed by atoms with van der Waals surface area (Å²) >= 11 is 0. The van der Waals surface area contributed by atoms with Gasteiger partial charge < -0.3 is 10.1 Å². The molecule has 1 atom stereocenters. The highest BCUT2D eigenvalue weighted by Gasteiger charge is 2.36. The van der Waals surface area contributed by atoms with E-state index in [1.807, 2.05) is 0 Å². The van der Waals surface area contributed by atoms with Gasteiger partial charge in [0.2, 0.25) is 15.9 Å². The Morgan fingerprint density at radius 3 is 2.74 bits per heavy atom. The van der Waals surface area contributed by atoms with Crippen LogP contribution >= 0.6 is 0 Å². The van der Waals surface area contributed by atoms with Crippen molar-refractivity contribution in [2.24, 2.45) is 0 Å². The Balaban J connectivity index is 2.44. The summed E-state index contributed by atoms with van der Waals surface area (Å²) in [5, 5.41) is 2.64. The molecule has 7 heteroatoms. The molecule has 104 valence electrons. The van der Waals surface area contributed by atoms with Gasteiger partial charge in [-0.2, -0.15) is 4.31 Å². The number of nitrogens with zero attached hydrogens (tertiary/aromatic N) is 1. The molecule has 1 N–H and O–H groups in total. The van der Waals surface area contributed by atoms with Crippen LogP contribution in [-0.4, -0.2) is 44.9 Å². The van der Waals surface area contributed by atoms with E-state index in [2.05, 4.69) is 5.32 Å². The van der Waals surface area contributed by atoms with E-state index in [1.165, 1.54) is 17.5 Å². The summed E-state index contributed by atoms with van der Waals surface area (Å²) in [5.74, 6) is -0.00888. The van der Waals surface area contributed by atoms with E-state index in [1.54, 1.807) is 25.1 Å². The lowest BCUT2D eigenvalue weighted by Crippen LogP contribution is -2.55. The Labute approximate surface area is 112 Å². The number of hydrogen-bond donors (Lipinski definition) is 1. The van der Waals surface area contributed by atoms with Crippen LogP contribution in [0.15, 0.2) is 29.2 Å². The molecule has 0 aliphatic carbocycles. The van der Waals surface area contributed by atoms with E-state index >= 15 is 0 Å². The number of nitrogens with one attached hydrogen (secondary N) is 1. The van der Waals surface area contributed by atoms with Gasteiger partial charge in [0.15, 0.2) is 0 Å². The number of hydrogen-bond acceptors (Lipinski definition) is 4. The van der Waals surface area contributed by atoms with Crippen molar-refractivity contribution in [3.8, 4) is 5.75 Å². The van der Waals surface area contributed by atoms with Gasteiger partial charge in [0.1, 0.15) is 16.7 Å². The fourth-order valence-electron chi connectivity index (χ4n) is 2.05. The van der Waals surface area contributed by atoms with E-state index in [4.69, 9.17) is 4.74 Å². The van der Waals surface area contributed by atoms with Crippen LogP contribution in [-0.2, 0) is 14.8 Å². The number of carbonyl (C=O) groups is 1. The Hall–Kier alpha value is -1.60. The highest BCUT2D eigenvalue weighted by molar-refractivity contribution is 7.89. The first kappa shape index (κ1) is 13.8. The number of benzene rings is 1. The Kier molecular flexibility index (Phi) is 3.77. The molecule has 1 saturated heterocycles. The third-order valence-electron chi connectivity index (χ3n) is 3.10. The monoisotopic (exact) mass is 284 g/mol. The van der Waals surface area contributed by atoms with Gasteiger partial charge in [0.25, 0.3) is 0 Å². The van der Waals surface area contributed by atoms with Gasteiger partial charge >= 0.3 is 0 Å². The standard InChI is InChI=1S/C12H16N2O4S/c1-9-12(15)13-7-8-14(9)19(16,17)11-6-4-3-5-10(11)18-2/h3-6,9H,7-8H2,1-2H3,(H,13,15). The molecule has 0 bridgehead atoms. The molecular formula is C12H16N2O4S. The Morgan fingerprint density at radius 1 is 1.37 bits per heavy atom. The zero-order valence-corrected chi connectivity index (χ0v) is 11.6. The number of piperazine rings is 1. The Bertz CT molecular complexity index is 585. The molecule has 0 aromatic heterocycles. The number of ether oxygens (including phenoxy) is 1. The predicted molar refractivity (Wildman–Crippen MR) is 69.4 cm³/mol. The summed E-state index contributed by atoms with van der Waals surface area (Å²) in [4.78, 5) is 11.7. The maximum absolute atomic E-state index is 12.6. The van der Waals surface area contributed by atoms with Crippen LogP contribution < -0.4 is 10.1 Å². The molecule has 1 fully saturated rings. The van der Waals surface area contributed by atoms with Crippen molar-refractivity contribution in [3.05, 3.63) is 24.3 Å². The molecule has 1 aromatic rings. The molecule has 1 heterocycles. The number of methoxy groups -OCH3 is 1. The van der Waals surface area contributed by atoms with Crippen molar-refractivity contribution < 1.29 is 17.9 Å². The molecule has 0 radical (unpaired) electrons. The minimum absolute atomic E-state index is 0.0825. The van der Waals surface area contributed by atoms with Crippen molar-refractivity contribution in [3.63, 3.8) is 0 Å². The zero-order chi connectivity index (χ0) is 14.0. The normalized spacial score (nSPS) is 20.9. The Morgan fingerprint density at radius 2 is 2.05 bits per heavy atom. The quantitative estimate of drug-likeness (QED) is 0.860. The summed E-state index contributed by atoms with van der Waals surface area (Å²) in [7, 11) is -2.32. The van der Waals surface area contributed by atoms with Crippen LogP contribution in [0.3, 0.4) is 0 Å². The number of rotatable bonds is 3. The average molecular weight is 284 g/mol. The van der Waals surface area contributed by atoms with Gasteiger partial charge in [-0.3, -0.25) is 4.79 Å². The maximum atomic E-state index is 12.6. The smallest absolute Gasteiger partial charge is 0.247 e. The second-order valence-corrected chi connectivity index (χ2v) is 6.09. The summed E-state index contributed by atoms with van der Waals surface area (Å²) in [6, 6.07) is 5.67. The third kappa shape index (κ3) is 2.43. The highest BCUT2D eigenvalue weighted by Crippen LogP contribution is 2.27. The first-order valence-electron chi connectivity index (χ1n) is 5.91. The summed E-state index contributed by atoms with van der Waals surface area (Å²) in [6.45, 7) is 2.15. The molecule has 1 unspecified atom stereocenters. The van der Waals surface area contributed by atoms with Crippen molar-refractivity contribution in [2.45, 2.75) is 17.9 Å². The summed E-state index contributed by atoms with van der Waals surface area (Å²) in [5.41, 5.74) is 0. The fourth-order valence-corrected chi connectivity index (χ4v) is 3.80. The van der Waals surface area contributed by atoms with Crippen LogP contribution in [0.1, 0.15) is 6.92 Å². The topological polar surface area (TPSA) is 75.7 Å². The van der Waals surface area contributed by atoms with Crippen LogP contribution in [0.4, 0.5) is 0 Å². The van der Waals surface area contributed by atoms with Gasteiger partial charge in [-0.1, -0.05) is 12.1 Å². The van der Waals surface area contributed by atoms with Gasteiger partial charge in [0, 0.05) is 13.1 Å². The minimum Gasteiger partial charge on any atom is -0.495 e. The van der Waals surface area contributed by atoms with Crippen molar-refractivity contribution >= 4 is 15.9 Å². The van der Waals surface area contributed by atoms with Crippen LogP contribution in [0.25, 0.3) is 0 Å². The molecule has 1 aliphatic heterocycles. The lowest BCUT2D eigenvalue weighted by molar-refractivity contribution is -0.126. The number of carbonyl (C=O) groups excluding carboxylic acids is 1. The van der Waals surface area contributed by atoms with E-state index < -0.39 is 16.1 Å². The van der Waals surface area contributed by atoms with E-state index in [0.29, 0.717) is 6.54 Å². The molecule has 1 aromatic carbocycles. The van der Waals surface area contributed by atoms with Crippen molar-refractivity contribution in [1.82, 2.24) is 9.62 Å². The number of amides is 1.